The van der Waals surface area contributed by atoms with Gasteiger partial charge in [0, 0.05) is 24.2 Å². The van der Waals surface area contributed by atoms with Crippen LogP contribution in [-0.2, 0) is 11.2 Å². The van der Waals surface area contributed by atoms with Gasteiger partial charge in [-0.1, -0.05) is 18.2 Å². The summed E-state index contributed by atoms with van der Waals surface area (Å²) in [5, 5.41) is 0. The Morgan fingerprint density at radius 3 is 2.82 bits per heavy atom. The molecule has 0 aliphatic carbocycles. The summed E-state index contributed by atoms with van der Waals surface area (Å²) < 4.78 is 29.3. The summed E-state index contributed by atoms with van der Waals surface area (Å²) in [7, 11) is 0. The molecule has 122 valence electrons. The molecular weight excluding hydrogens is 290 g/mol. The minimum atomic E-state index is -2.90. The van der Waals surface area contributed by atoms with Crippen LogP contribution in [0.3, 0.4) is 0 Å². The fourth-order valence-corrected chi connectivity index (χ4v) is 2.94. The van der Waals surface area contributed by atoms with Crippen molar-refractivity contribution >= 4 is 5.91 Å². The SMILES string of the molecule is CC(N)C1CCCCN1C(=O)Cc1ccccc1OC(F)F. The molecule has 22 heavy (non-hydrogen) atoms. The van der Waals surface area contributed by atoms with E-state index in [4.69, 9.17) is 5.73 Å². The van der Waals surface area contributed by atoms with Crippen LogP contribution in [0.5, 0.6) is 5.75 Å². The lowest BCUT2D eigenvalue weighted by molar-refractivity contribution is -0.134. The third-order valence-electron chi connectivity index (χ3n) is 4.01. The molecule has 0 aromatic heterocycles. The zero-order valence-corrected chi connectivity index (χ0v) is 12.7. The second kappa shape index (κ2) is 7.54. The number of carbonyl (C=O) groups excluding carboxylic acids is 1. The van der Waals surface area contributed by atoms with Crippen LogP contribution < -0.4 is 10.5 Å². The van der Waals surface area contributed by atoms with Crippen molar-refractivity contribution in [1.29, 1.82) is 0 Å². The molecule has 1 fully saturated rings. The summed E-state index contributed by atoms with van der Waals surface area (Å²) in [5.74, 6) is -0.0347. The first kappa shape index (κ1) is 16.7. The number of carbonyl (C=O) groups is 1. The standard InChI is InChI=1S/C16H22F2N2O2/c1-11(19)13-7-4-5-9-20(13)15(21)10-12-6-2-3-8-14(12)22-16(17)18/h2-3,6,8,11,13,16H,4-5,7,9-10,19H2,1H3. The van der Waals surface area contributed by atoms with Crippen molar-refractivity contribution in [3.63, 3.8) is 0 Å². The predicted molar refractivity (Wildman–Crippen MR) is 79.8 cm³/mol. The van der Waals surface area contributed by atoms with Crippen LogP contribution in [0.4, 0.5) is 8.78 Å². The lowest BCUT2D eigenvalue weighted by Crippen LogP contribution is -2.52. The highest BCUT2D eigenvalue weighted by molar-refractivity contribution is 5.80. The van der Waals surface area contributed by atoms with E-state index in [1.54, 1.807) is 23.1 Å². The predicted octanol–water partition coefficient (Wildman–Crippen LogP) is 2.56. The highest BCUT2D eigenvalue weighted by Crippen LogP contribution is 2.24. The zero-order valence-electron chi connectivity index (χ0n) is 12.7. The van der Waals surface area contributed by atoms with Crippen molar-refractivity contribution in [2.45, 2.75) is 51.3 Å². The maximum atomic E-state index is 12.5. The Kier molecular flexibility index (Phi) is 5.71. The van der Waals surface area contributed by atoms with Gasteiger partial charge in [-0.3, -0.25) is 4.79 Å². The Morgan fingerprint density at radius 2 is 2.14 bits per heavy atom. The zero-order chi connectivity index (χ0) is 16.1. The number of rotatable bonds is 5. The third-order valence-corrected chi connectivity index (χ3v) is 4.01. The minimum absolute atomic E-state index is 0.0180. The van der Waals surface area contributed by atoms with E-state index in [9.17, 15) is 13.6 Å². The normalized spacial score (nSPS) is 20.0. The van der Waals surface area contributed by atoms with Gasteiger partial charge in [-0.15, -0.1) is 0 Å². The number of nitrogens with zero attached hydrogens (tertiary/aromatic N) is 1. The molecule has 1 saturated heterocycles. The number of nitrogens with two attached hydrogens (primary N) is 1. The summed E-state index contributed by atoms with van der Waals surface area (Å²) in [6.07, 6.45) is 2.94. The Morgan fingerprint density at radius 1 is 1.41 bits per heavy atom. The molecule has 4 nitrogen and oxygen atoms in total. The van der Waals surface area contributed by atoms with E-state index >= 15 is 0 Å². The van der Waals surface area contributed by atoms with Gasteiger partial charge >= 0.3 is 6.61 Å². The van der Waals surface area contributed by atoms with Crippen LogP contribution in [0.15, 0.2) is 24.3 Å². The van der Waals surface area contributed by atoms with E-state index in [1.807, 2.05) is 6.92 Å². The van der Waals surface area contributed by atoms with Crippen LogP contribution in [0.2, 0.25) is 0 Å². The fourth-order valence-electron chi connectivity index (χ4n) is 2.94. The maximum Gasteiger partial charge on any atom is 0.387 e. The van der Waals surface area contributed by atoms with Crippen molar-refractivity contribution in [2.24, 2.45) is 5.73 Å². The van der Waals surface area contributed by atoms with Gasteiger partial charge in [0.05, 0.1) is 6.42 Å². The average Bonchev–Trinajstić information content (AvgIpc) is 2.48. The van der Waals surface area contributed by atoms with Crippen LogP contribution in [0.25, 0.3) is 0 Å². The summed E-state index contributed by atoms with van der Waals surface area (Å²) in [6, 6.07) is 6.33. The number of amides is 1. The van der Waals surface area contributed by atoms with Gasteiger partial charge in [-0.2, -0.15) is 8.78 Å². The summed E-state index contributed by atoms with van der Waals surface area (Å²) in [6.45, 7) is -0.337. The molecule has 0 spiro atoms. The maximum absolute atomic E-state index is 12.5. The van der Waals surface area contributed by atoms with Gasteiger partial charge in [0.15, 0.2) is 0 Å². The monoisotopic (exact) mass is 312 g/mol. The first-order chi connectivity index (χ1) is 10.5. The second-order valence-corrected chi connectivity index (χ2v) is 5.67. The number of benzene rings is 1. The molecule has 2 unspecified atom stereocenters. The molecule has 1 heterocycles. The van der Waals surface area contributed by atoms with E-state index < -0.39 is 6.61 Å². The number of ether oxygens (including phenoxy) is 1. The minimum Gasteiger partial charge on any atom is -0.435 e. The molecule has 1 aliphatic rings. The number of piperidine rings is 1. The van der Waals surface area contributed by atoms with Gasteiger partial charge in [0.2, 0.25) is 5.91 Å². The summed E-state index contributed by atoms with van der Waals surface area (Å²) >= 11 is 0. The highest BCUT2D eigenvalue weighted by atomic mass is 19.3. The molecule has 0 radical (unpaired) electrons. The number of alkyl halides is 2. The van der Waals surface area contributed by atoms with Gasteiger partial charge in [-0.25, -0.2) is 0 Å². The van der Waals surface area contributed by atoms with Gasteiger partial charge in [0.25, 0.3) is 0 Å². The molecule has 6 heteroatoms. The van der Waals surface area contributed by atoms with Crippen molar-refractivity contribution in [3.05, 3.63) is 29.8 Å². The van der Waals surface area contributed by atoms with Crippen LogP contribution in [-0.4, -0.2) is 36.0 Å². The molecule has 2 N–H and O–H groups in total. The highest BCUT2D eigenvalue weighted by Gasteiger charge is 2.29. The lowest BCUT2D eigenvalue weighted by Gasteiger charge is -2.38. The summed E-state index contributed by atoms with van der Waals surface area (Å²) in [4.78, 5) is 14.3. The number of likely N-dealkylation sites (tertiary alicyclic amines) is 1. The number of halogens is 2. The van der Waals surface area contributed by atoms with E-state index in [2.05, 4.69) is 4.74 Å². The average molecular weight is 312 g/mol. The first-order valence-electron chi connectivity index (χ1n) is 7.57. The Hall–Kier alpha value is -1.69. The second-order valence-electron chi connectivity index (χ2n) is 5.67. The Balaban J connectivity index is 2.11. The topological polar surface area (TPSA) is 55.6 Å². The molecule has 1 aliphatic heterocycles. The Labute approximate surface area is 129 Å². The fraction of sp³-hybridized carbons (Fsp3) is 0.562. The molecule has 0 bridgehead atoms. The number of para-hydroxylation sites is 1. The van der Waals surface area contributed by atoms with Gasteiger partial charge in [0.1, 0.15) is 5.75 Å². The Bertz CT molecular complexity index is 509. The molecule has 1 aromatic carbocycles. The van der Waals surface area contributed by atoms with E-state index in [1.165, 1.54) is 6.07 Å². The largest absolute Gasteiger partial charge is 0.435 e. The van der Waals surface area contributed by atoms with Crippen molar-refractivity contribution in [1.82, 2.24) is 4.90 Å². The molecule has 0 saturated carbocycles. The van der Waals surface area contributed by atoms with E-state index in [-0.39, 0.29) is 30.2 Å². The van der Waals surface area contributed by atoms with Gasteiger partial charge in [-0.05, 0) is 32.3 Å². The number of hydrogen-bond acceptors (Lipinski definition) is 3. The molecular formula is C16H22F2N2O2. The van der Waals surface area contributed by atoms with Crippen molar-refractivity contribution < 1.29 is 18.3 Å². The first-order valence-corrected chi connectivity index (χ1v) is 7.57. The lowest BCUT2D eigenvalue weighted by atomic mass is 9.96. The summed E-state index contributed by atoms with van der Waals surface area (Å²) in [5.41, 5.74) is 6.44. The van der Waals surface area contributed by atoms with Crippen LogP contribution in [0, 0.1) is 0 Å². The molecule has 1 amide bonds. The van der Waals surface area contributed by atoms with Gasteiger partial charge < -0.3 is 15.4 Å². The molecule has 1 aromatic rings. The smallest absolute Gasteiger partial charge is 0.387 e. The van der Waals surface area contributed by atoms with Crippen LogP contribution >= 0.6 is 0 Å². The molecule has 2 rings (SSSR count). The van der Waals surface area contributed by atoms with Crippen LogP contribution in [0.1, 0.15) is 31.7 Å². The quantitative estimate of drug-likeness (QED) is 0.909. The van der Waals surface area contributed by atoms with Crippen molar-refractivity contribution in [3.8, 4) is 5.75 Å². The molecule has 2 atom stereocenters. The number of hydrogen-bond donors (Lipinski definition) is 1. The van der Waals surface area contributed by atoms with E-state index in [0.29, 0.717) is 12.1 Å². The third kappa shape index (κ3) is 4.16. The van der Waals surface area contributed by atoms with Crippen molar-refractivity contribution in [2.75, 3.05) is 6.54 Å². The van der Waals surface area contributed by atoms with E-state index in [0.717, 1.165) is 19.3 Å².